The molecule has 4 rings (SSSR count). The number of benzene rings is 1. The van der Waals surface area contributed by atoms with Crippen molar-refractivity contribution in [2.75, 3.05) is 18.4 Å². The van der Waals surface area contributed by atoms with E-state index in [1.54, 1.807) is 10.7 Å². The SMILES string of the molecule is O=C(Nc1cc(C(=O)N2CC[C@@H](O)C2)cc(C(F)(F)F)c1)c1cc2n(n1)CCC2. The zero-order valence-corrected chi connectivity index (χ0v) is 15.4. The summed E-state index contributed by atoms with van der Waals surface area (Å²) < 4.78 is 41.7. The molecule has 0 aliphatic carbocycles. The zero-order valence-electron chi connectivity index (χ0n) is 15.4. The van der Waals surface area contributed by atoms with Crippen LogP contribution >= 0.6 is 0 Å². The minimum atomic E-state index is -4.68. The highest BCUT2D eigenvalue weighted by molar-refractivity contribution is 6.04. The summed E-state index contributed by atoms with van der Waals surface area (Å²) in [5.74, 6) is -1.26. The number of carbonyl (C=O) groups excluding carboxylic acids is 2. The highest BCUT2D eigenvalue weighted by Gasteiger charge is 2.33. The second kappa shape index (κ2) is 7.18. The fourth-order valence-electron chi connectivity index (χ4n) is 3.66. The third-order valence-electron chi connectivity index (χ3n) is 5.11. The lowest BCUT2D eigenvalue weighted by Gasteiger charge is -2.18. The first-order chi connectivity index (χ1) is 13.7. The van der Waals surface area contributed by atoms with E-state index in [1.165, 1.54) is 11.0 Å². The zero-order chi connectivity index (χ0) is 20.8. The first-order valence-corrected chi connectivity index (χ1v) is 9.28. The molecule has 1 atom stereocenters. The number of amides is 2. The lowest BCUT2D eigenvalue weighted by Crippen LogP contribution is -2.30. The third kappa shape index (κ3) is 3.98. The van der Waals surface area contributed by atoms with Crippen LogP contribution in [0.25, 0.3) is 0 Å². The predicted octanol–water partition coefficient (Wildman–Crippen LogP) is 2.31. The number of hydrogen-bond acceptors (Lipinski definition) is 4. The number of nitrogens with zero attached hydrogens (tertiary/aromatic N) is 3. The highest BCUT2D eigenvalue weighted by Crippen LogP contribution is 2.33. The van der Waals surface area contributed by atoms with E-state index in [0.29, 0.717) is 13.0 Å². The molecular formula is C19H19F3N4O3. The maximum atomic E-state index is 13.3. The number of carbonyl (C=O) groups is 2. The summed E-state index contributed by atoms with van der Waals surface area (Å²) in [6.07, 6.45) is -3.26. The van der Waals surface area contributed by atoms with E-state index in [1.807, 2.05) is 0 Å². The molecule has 3 heterocycles. The number of aliphatic hydroxyl groups is 1. The van der Waals surface area contributed by atoms with Crippen LogP contribution in [0.4, 0.5) is 18.9 Å². The van der Waals surface area contributed by atoms with Gasteiger partial charge < -0.3 is 15.3 Å². The van der Waals surface area contributed by atoms with Gasteiger partial charge in [-0.15, -0.1) is 0 Å². The molecule has 10 heteroatoms. The maximum absolute atomic E-state index is 13.3. The summed E-state index contributed by atoms with van der Waals surface area (Å²) >= 11 is 0. The van der Waals surface area contributed by atoms with Gasteiger partial charge in [-0.05, 0) is 43.5 Å². The number of rotatable bonds is 3. The molecule has 1 saturated heterocycles. The Bertz CT molecular complexity index is 949. The molecule has 0 saturated carbocycles. The summed E-state index contributed by atoms with van der Waals surface area (Å²) in [5.41, 5.74) is -0.348. The van der Waals surface area contributed by atoms with Crippen molar-refractivity contribution in [3.8, 4) is 0 Å². The number of fused-ring (bicyclic) bond motifs is 1. The second-order valence-corrected chi connectivity index (χ2v) is 7.29. The van der Waals surface area contributed by atoms with Gasteiger partial charge in [-0.25, -0.2) is 0 Å². The number of likely N-dealkylation sites (tertiary alicyclic amines) is 1. The van der Waals surface area contributed by atoms with Crippen molar-refractivity contribution in [2.24, 2.45) is 0 Å². The van der Waals surface area contributed by atoms with E-state index in [4.69, 9.17) is 0 Å². The Kier molecular flexibility index (Phi) is 4.81. The molecule has 0 bridgehead atoms. The van der Waals surface area contributed by atoms with Gasteiger partial charge in [0.2, 0.25) is 0 Å². The van der Waals surface area contributed by atoms with Gasteiger partial charge in [0.15, 0.2) is 5.69 Å². The van der Waals surface area contributed by atoms with Gasteiger partial charge >= 0.3 is 6.18 Å². The van der Waals surface area contributed by atoms with Crippen LogP contribution in [0.5, 0.6) is 0 Å². The van der Waals surface area contributed by atoms with Crippen LogP contribution in [0.2, 0.25) is 0 Å². The van der Waals surface area contributed by atoms with E-state index in [9.17, 15) is 27.9 Å². The van der Waals surface area contributed by atoms with Crippen molar-refractivity contribution < 1.29 is 27.9 Å². The lowest BCUT2D eigenvalue weighted by molar-refractivity contribution is -0.137. The van der Waals surface area contributed by atoms with Crippen LogP contribution in [-0.4, -0.2) is 50.8 Å². The summed E-state index contributed by atoms with van der Waals surface area (Å²) in [7, 11) is 0. The fourth-order valence-corrected chi connectivity index (χ4v) is 3.66. The molecule has 2 aliphatic heterocycles. The Balaban J connectivity index is 1.61. The maximum Gasteiger partial charge on any atom is 0.416 e. The van der Waals surface area contributed by atoms with Gasteiger partial charge in [-0.2, -0.15) is 18.3 Å². The predicted molar refractivity (Wildman–Crippen MR) is 96.5 cm³/mol. The van der Waals surface area contributed by atoms with Crippen LogP contribution in [0, 0.1) is 0 Å². The molecule has 0 radical (unpaired) electrons. The van der Waals surface area contributed by atoms with Crippen LogP contribution in [-0.2, 0) is 19.1 Å². The van der Waals surface area contributed by atoms with Gasteiger partial charge in [0.25, 0.3) is 11.8 Å². The Morgan fingerprint density at radius 1 is 1.17 bits per heavy atom. The Hall–Kier alpha value is -2.88. The van der Waals surface area contributed by atoms with Crippen molar-refractivity contribution in [3.63, 3.8) is 0 Å². The van der Waals surface area contributed by atoms with E-state index in [0.717, 1.165) is 30.7 Å². The molecule has 1 fully saturated rings. The Morgan fingerprint density at radius 3 is 2.62 bits per heavy atom. The average Bonchev–Trinajstić information content (AvgIpc) is 3.35. The third-order valence-corrected chi connectivity index (χ3v) is 5.11. The molecule has 29 heavy (non-hydrogen) atoms. The number of aromatic nitrogens is 2. The molecule has 1 aromatic carbocycles. The minimum absolute atomic E-state index is 0.0665. The standard InChI is InChI=1S/C19H19F3N4O3/c20-19(21,22)12-6-11(18(29)25-5-3-15(27)10-25)7-13(8-12)23-17(28)16-9-14-2-1-4-26(14)24-16/h6-9,15,27H,1-5,10H2,(H,23,28)/t15-/m1/s1. The molecule has 1 aromatic heterocycles. The summed E-state index contributed by atoms with van der Waals surface area (Å²) in [5, 5.41) is 16.2. The van der Waals surface area contributed by atoms with Crippen molar-refractivity contribution in [1.29, 1.82) is 0 Å². The summed E-state index contributed by atoms with van der Waals surface area (Å²) in [4.78, 5) is 26.4. The normalized spacial score (nSPS) is 18.8. The van der Waals surface area contributed by atoms with Gasteiger partial charge in [-0.1, -0.05) is 0 Å². The van der Waals surface area contributed by atoms with Crippen LogP contribution in [0.15, 0.2) is 24.3 Å². The summed E-state index contributed by atoms with van der Waals surface area (Å²) in [6, 6.07) is 4.38. The molecule has 0 unspecified atom stereocenters. The quantitative estimate of drug-likeness (QED) is 0.816. The number of aryl methyl sites for hydroxylation is 2. The average molecular weight is 408 g/mol. The largest absolute Gasteiger partial charge is 0.416 e. The van der Waals surface area contributed by atoms with Crippen molar-refractivity contribution in [3.05, 3.63) is 46.8 Å². The van der Waals surface area contributed by atoms with Gasteiger partial charge in [0.1, 0.15) is 0 Å². The Labute approximate surface area is 164 Å². The van der Waals surface area contributed by atoms with E-state index >= 15 is 0 Å². The van der Waals surface area contributed by atoms with Crippen molar-refractivity contribution in [2.45, 2.75) is 38.1 Å². The van der Waals surface area contributed by atoms with Gasteiger partial charge in [0, 0.05) is 36.6 Å². The van der Waals surface area contributed by atoms with Crippen LogP contribution in [0.1, 0.15) is 44.9 Å². The number of halogens is 3. The lowest BCUT2D eigenvalue weighted by atomic mass is 10.1. The summed E-state index contributed by atoms with van der Waals surface area (Å²) in [6.45, 7) is 1.03. The van der Waals surface area contributed by atoms with E-state index in [-0.39, 0.29) is 30.0 Å². The second-order valence-electron chi connectivity index (χ2n) is 7.29. The number of alkyl halides is 3. The number of anilines is 1. The molecule has 2 aliphatic rings. The van der Waals surface area contributed by atoms with Gasteiger partial charge in [0.05, 0.1) is 11.7 Å². The van der Waals surface area contributed by atoms with Gasteiger partial charge in [-0.3, -0.25) is 14.3 Å². The number of nitrogens with one attached hydrogen (secondary N) is 1. The molecule has 0 spiro atoms. The number of hydrogen-bond donors (Lipinski definition) is 2. The first-order valence-electron chi connectivity index (χ1n) is 9.28. The first kappa shape index (κ1) is 19.4. The minimum Gasteiger partial charge on any atom is -0.391 e. The molecule has 7 nitrogen and oxygen atoms in total. The topological polar surface area (TPSA) is 87.5 Å². The molecule has 2 amide bonds. The number of aliphatic hydroxyl groups excluding tert-OH is 1. The van der Waals surface area contributed by atoms with E-state index in [2.05, 4.69) is 10.4 Å². The molecule has 154 valence electrons. The van der Waals surface area contributed by atoms with Crippen molar-refractivity contribution in [1.82, 2.24) is 14.7 Å². The van der Waals surface area contributed by atoms with E-state index < -0.39 is 29.7 Å². The fraction of sp³-hybridized carbons (Fsp3) is 0.421. The van der Waals surface area contributed by atoms with Crippen LogP contribution in [0.3, 0.4) is 0 Å². The molecular weight excluding hydrogens is 389 g/mol. The van der Waals surface area contributed by atoms with Crippen molar-refractivity contribution >= 4 is 17.5 Å². The monoisotopic (exact) mass is 408 g/mol. The number of β-amino-alcohol motifs (C(OH)–C–C–N with tert-alkyl or cyclic N) is 1. The molecule has 2 N–H and O–H groups in total. The highest BCUT2D eigenvalue weighted by atomic mass is 19.4. The molecule has 2 aromatic rings. The smallest absolute Gasteiger partial charge is 0.391 e. The van der Waals surface area contributed by atoms with Crippen LogP contribution < -0.4 is 5.32 Å². The Morgan fingerprint density at radius 2 is 1.97 bits per heavy atom.